The van der Waals surface area contributed by atoms with Crippen molar-refractivity contribution in [2.45, 2.75) is 32.7 Å². The topological polar surface area (TPSA) is 131 Å². The molecule has 0 aliphatic carbocycles. The summed E-state index contributed by atoms with van der Waals surface area (Å²) < 4.78 is 0. The highest BCUT2D eigenvalue weighted by atomic mass is 16.2. The number of imide groups is 1. The molecule has 1 aromatic carbocycles. The number of nitrogens with one attached hydrogen (secondary N) is 2. The van der Waals surface area contributed by atoms with Crippen LogP contribution in [0.2, 0.25) is 0 Å². The van der Waals surface area contributed by atoms with E-state index in [9.17, 15) is 14.4 Å². The van der Waals surface area contributed by atoms with Crippen molar-refractivity contribution in [2.24, 2.45) is 5.84 Å². The summed E-state index contributed by atoms with van der Waals surface area (Å²) in [5.41, 5.74) is 6.80. The standard InChI is InChI=1S/C13H17N5O3.C2H6/c1-16-8-4-2-3-7(14)11(8)13(21)18(15)9-5-6-10(19)17-12(9)20;1-2/h2-4,9,16H,5-6,14-15H2,1H3,(H,17,19,20);1-2H3. The fourth-order valence-corrected chi connectivity index (χ4v) is 2.24. The van der Waals surface area contributed by atoms with Gasteiger partial charge in [-0.2, -0.15) is 0 Å². The largest absolute Gasteiger partial charge is 0.398 e. The number of hydrogen-bond donors (Lipinski definition) is 4. The fourth-order valence-electron chi connectivity index (χ4n) is 2.24. The Labute approximate surface area is 135 Å². The van der Waals surface area contributed by atoms with Crippen LogP contribution in [0.15, 0.2) is 18.2 Å². The quantitative estimate of drug-likeness (QED) is 0.210. The molecule has 1 unspecified atom stereocenters. The van der Waals surface area contributed by atoms with Gasteiger partial charge in [-0.25, -0.2) is 5.84 Å². The number of benzene rings is 1. The van der Waals surface area contributed by atoms with Gasteiger partial charge in [0.1, 0.15) is 6.04 Å². The first-order valence-electron chi connectivity index (χ1n) is 7.44. The molecule has 126 valence electrons. The maximum atomic E-state index is 12.5. The SMILES string of the molecule is CC.CNc1cccc(N)c1C(=O)N(N)C1CCC(=O)NC1=O. The fraction of sp³-hybridized carbons (Fsp3) is 0.400. The number of hydrogen-bond acceptors (Lipinski definition) is 6. The minimum Gasteiger partial charge on any atom is -0.398 e. The molecule has 0 aromatic heterocycles. The van der Waals surface area contributed by atoms with E-state index in [4.69, 9.17) is 11.6 Å². The molecule has 3 amide bonds. The molecule has 0 radical (unpaired) electrons. The second-order valence-corrected chi connectivity index (χ2v) is 4.70. The van der Waals surface area contributed by atoms with E-state index in [-0.39, 0.29) is 30.0 Å². The van der Waals surface area contributed by atoms with Crippen LogP contribution < -0.4 is 22.2 Å². The van der Waals surface area contributed by atoms with Crippen molar-refractivity contribution >= 4 is 29.1 Å². The number of amides is 3. The van der Waals surface area contributed by atoms with Crippen molar-refractivity contribution in [1.29, 1.82) is 0 Å². The van der Waals surface area contributed by atoms with Crippen LogP contribution in [-0.2, 0) is 9.59 Å². The third-order valence-electron chi connectivity index (χ3n) is 3.36. The summed E-state index contributed by atoms with van der Waals surface area (Å²) in [6, 6.07) is 4.07. The van der Waals surface area contributed by atoms with E-state index in [1.807, 2.05) is 13.8 Å². The number of nitrogens with zero attached hydrogens (tertiary/aromatic N) is 1. The molecule has 0 saturated carbocycles. The summed E-state index contributed by atoms with van der Waals surface area (Å²) in [7, 11) is 1.65. The highest BCUT2D eigenvalue weighted by Gasteiger charge is 2.34. The summed E-state index contributed by atoms with van der Waals surface area (Å²) in [4.78, 5) is 35.4. The Hall–Kier alpha value is -2.61. The van der Waals surface area contributed by atoms with Gasteiger partial charge < -0.3 is 11.1 Å². The van der Waals surface area contributed by atoms with E-state index in [0.29, 0.717) is 5.69 Å². The summed E-state index contributed by atoms with van der Waals surface area (Å²) in [6.07, 6.45) is 0.328. The predicted octanol–water partition coefficient (Wildman–Crippen LogP) is 0.458. The van der Waals surface area contributed by atoms with Crippen molar-refractivity contribution in [2.75, 3.05) is 18.1 Å². The van der Waals surface area contributed by atoms with Gasteiger partial charge in [0.2, 0.25) is 5.91 Å². The zero-order chi connectivity index (χ0) is 17.6. The minimum atomic E-state index is -0.889. The van der Waals surface area contributed by atoms with Crippen LogP contribution in [0.25, 0.3) is 0 Å². The predicted molar refractivity (Wildman–Crippen MR) is 88.3 cm³/mol. The Kier molecular flexibility index (Phi) is 6.52. The molecule has 8 heteroatoms. The van der Waals surface area contributed by atoms with Crippen LogP contribution in [0, 0.1) is 0 Å². The number of carbonyl (C=O) groups is 3. The first-order chi connectivity index (χ1) is 11.0. The third-order valence-corrected chi connectivity index (χ3v) is 3.36. The lowest BCUT2D eigenvalue weighted by molar-refractivity contribution is -0.136. The molecular weight excluding hydrogens is 298 g/mol. The Balaban J connectivity index is 0.00000127. The number of hydrazine groups is 1. The Morgan fingerprint density at radius 1 is 1.35 bits per heavy atom. The van der Waals surface area contributed by atoms with E-state index in [1.165, 1.54) is 0 Å². The van der Waals surface area contributed by atoms with E-state index >= 15 is 0 Å². The van der Waals surface area contributed by atoms with Crippen molar-refractivity contribution in [3.63, 3.8) is 0 Å². The molecule has 1 saturated heterocycles. The van der Waals surface area contributed by atoms with Crippen LogP contribution in [0.4, 0.5) is 11.4 Å². The number of anilines is 2. The lowest BCUT2D eigenvalue weighted by Crippen LogP contribution is -2.57. The van der Waals surface area contributed by atoms with Crippen LogP contribution in [-0.4, -0.2) is 35.8 Å². The maximum absolute atomic E-state index is 12.5. The molecule has 0 bridgehead atoms. The average Bonchev–Trinajstić information content (AvgIpc) is 2.55. The Morgan fingerprint density at radius 3 is 2.57 bits per heavy atom. The van der Waals surface area contributed by atoms with Crippen LogP contribution in [0.3, 0.4) is 0 Å². The number of carbonyl (C=O) groups excluding carboxylic acids is 3. The van der Waals surface area contributed by atoms with Gasteiger partial charge in [0.25, 0.3) is 11.8 Å². The monoisotopic (exact) mass is 321 g/mol. The lowest BCUT2D eigenvalue weighted by Gasteiger charge is -2.29. The van der Waals surface area contributed by atoms with Crippen LogP contribution >= 0.6 is 0 Å². The molecule has 1 heterocycles. The summed E-state index contributed by atoms with van der Waals surface area (Å²) in [5.74, 6) is 4.25. The van der Waals surface area contributed by atoms with E-state index in [1.54, 1.807) is 25.2 Å². The first-order valence-corrected chi connectivity index (χ1v) is 7.44. The zero-order valence-electron chi connectivity index (χ0n) is 13.6. The molecule has 1 fully saturated rings. The highest BCUT2D eigenvalue weighted by molar-refractivity contribution is 6.07. The molecule has 1 aromatic rings. The van der Waals surface area contributed by atoms with Crippen LogP contribution in [0.5, 0.6) is 0 Å². The maximum Gasteiger partial charge on any atom is 0.272 e. The molecule has 1 aliphatic rings. The van der Waals surface area contributed by atoms with Gasteiger partial charge in [-0.3, -0.25) is 24.7 Å². The second kappa shape index (κ2) is 8.14. The number of nitrogen functional groups attached to an aromatic ring is 1. The normalized spacial score (nSPS) is 16.8. The highest BCUT2D eigenvalue weighted by Crippen LogP contribution is 2.24. The van der Waals surface area contributed by atoms with Crippen molar-refractivity contribution in [1.82, 2.24) is 10.3 Å². The smallest absolute Gasteiger partial charge is 0.272 e. The van der Waals surface area contributed by atoms with Gasteiger partial charge >= 0.3 is 0 Å². The van der Waals surface area contributed by atoms with Gasteiger partial charge in [-0.05, 0) is 18.6 Å². The summed E-state index contributed by atoms with van der Waals surface area (Å²) in [6.45, 7) is 4.00. The lowest BCUT2D eigenvalue weighted by atomic mass is 10.0. The average molecular weight is 321 g/mol. The Bertz CT molecular complexity index is 603. The van der Waals surface area contributed by atoms with Crippen molar-refractivity contribution < 1.29 is 14.4 Å². The number of piperidine rings is 1. The zero-order valence-corrected chi connectivity index (χ0v) is 13.6. The molecule has 8 nitrogen and oxygen atoms in total. The number of rotatable bonds is 3. The van der Waals surface area contributed by atoms with E-state index in [0.717, 1.165) is 5.01 Å². The number of nitrogens with two attached hydrogens (primary N) is 2. The van der Waals surface area contributed by atoms with Gasteiger partial charge in [0.05, 0.1) is 5.56 Å². The second-order valence-electron chi connectivity index (χ2n) is 4.70. The molecule has 23 heavy (non-hydrogen) atoms. The minimum absolute atomic E-state index is 0.139. The third kappa shape index (κ3) is 3.98. The van der Waals surface area contributed by atoms with Crippen molar-refractivity contribution in [3.8, 4) is 0 Å². The summed E-state index contributed by atoms with van der Waals surface area (Å²) >= 11 is 0. The van der Waals surface area contributed by atoms with Gasteiger partial charge in [0, 0.05) is 24.8 Å². The molecular formula is C15H23N5O3. The Morgan fingerprint density at radius 2 is 2.00 bits per heavy atom. The molecule has 2 rings (SSSR count). The van der Waals surface area contributed by atoms with E-state index < -0.39 is 17.9 Å². The molecule has 6 N–H and O–H groups in total. The van der Waals surface area contributed by atoms with Gasteiger partial charge in [-0.1, -0.05) is 19.9 Å². The molecule has 0 spiro atoms. The molecule has 1 aliphatic heterocycles. The summed E-state index contributed by atoms with van der Waals surface area (Å²) in [5, 5.41) is 5.84. The van der Waals surface area contributed by atoms with Crippen molar-refractivity contribution in [3.05, 3.63) is 23.8 Å². The van der Waals surface area contributed by atoms with E-state index in [2.05, 4.69) is 10.6 Å². The van der Waals surface area contributed by atoms with Gasteiger partial charge in [-0.15, -0.1) is 0 Å². The first kappa shape index (κ1) is 18.4. The molecule has 1 atom stereocenters. The van der Waals surface area contributed by atoms with Gasteiger partial charge in [0.15, 0.2) is 0 Å². The van der Waals surface area contributed by atoms with Crippen LogP contribution in [0.1, 0.15) is 37.0 Å².